The molecule has 0 aromatic carbocycles. The lowest BCUT2D eigenvalue weighted by molar-refractivity contribution is -0.170. The molecule has 2 aromatic heterocycles. The molecule has 178 valence electrons. The zero-order valence-electron chi connectivity index (χ0n) is 18.4. The van der Waals surface area contributed by atoms with Gasteiger partial charge in [-0.3, -0.25) is 14.5 Å². The fraction of sp³-hybridized carbons (Fsp3) is 0.476. The molecular weight excluding hydrogens is 456 g/mol. The van der Waals surface area contributed by atoms with E-state index in [1.807, 2.05) is 22.7 Å². The first-order chi connectivity index (χ1) is 14.9. The van der Waals surface area contributed by atoms with Gasteiger partial charge in [-0.25, -0.2) is 4.79 Å². The lowest BCUT2D eigenvalue weighted by Crippen LogP contribution is -2.42. The molecule has 0 saturated carbocycles. The maximum Gasteiger partial charge on any atom is 0.336 e. The Labute approximate surface area is 195 Å². The van der Waals surface area contributed by atoms with Gasteiger partial charge in [0.15, 0.2) is 5.60 Å². The van der Waals surface area contributed by atoms with E-state index in [4.69, 9.17) is 20.4 Å². The summed E-state index contributed by atoms with van der Waals surface area (Å²) in [5, 5.41) is 38.2. The highest BCUT2D eigenvalue weighted by molar-refractivity contribution is 7.10. The van der Waals surface area contributed by atoms with Gasteiger partial charge in [-0.05, 0) is 49.5 Å². The SMILES string of the molecule is Cc1ccsc1CN(CCN(C)C)Cc1cccs1.O=C(O)CC(O)(CC(=O)O)C(=O)O. The van der Waals surface area contributed by atoms with Crippen LogP contribution in [-0.4, -0.2) is 80.9 Å². The van der Waals surface area contributed by atoms with Crippen LogP contribution in [0.2, 0.25) is 0 Å². The number of nitrogens with zero attached hydrogens (tertiary/aromatic N) is 2. The number of hydrogen-bond acceptors (Lipinski definition) is 8. The van der Waals surface area contributed by atoms with E-state index >= 15 is 0 Å². The third-order valence-electron chi connectivity index (χ3n) is 4.44. The summed E-state index contributed by atoms with van der Waals surface area (Å²) in [6.07, 6.45) is -2.29. The number of carboxylic acids is 3. The van der Waals surface area contributed by atoms with Crippen molar-refractivity contribution in [3.63, 3.8) is 0 Å². The molecule has 0 bridgehead atoms. The molecule has 0 radical (unpaired) electrons. The highest BCUT2D eigenvalue weighted by Gasteiger charge is 2.40. The second kappa shape index (κ2) is 13.3. The molecule has 0 atom stereocenters. The van der Waals surface area contributed by atoms with E-state index in [0.717, 1.165) is 26.2 Å². The average Bonchev–Trinajstić information content (AvgIpc) is 3.31. The Kier molecular flexibility index (Phi) is 11.5. The van der Waals surface area contributed by atoms with Crippen LogP contribution in [0.25, 0.3) is 0 Å². The van der Waals surface area contributed by atoms with Crippen LogP contribution in [0.5, 0.6) is 0 Å². The number of thiophene rings is 2. The Balaban J connectivity index is 0.000000347. The fourth-order valence-corrected chi connectivity index (χ4v) is 4.36. The summed E-state index contributed by atoms with van der Waals surface area (Å²) in [5.74, 6) is -5.02. The molecule has 0 aliphatic carbocycles. The highest BCUT2D eigenvalue weighted by Crippen LogP contribution is 2.20. The van der Waals surface area contributed by atoms with Crippen LogP contribution in [0.15, 0.2) is 29.0 Å². The minimum absolute atomic E-state index is 1.06. The van der Waals surface area contributed by atoms with Crippen molar-refractivity contribution in [3.05, 3.63) is 44.3 Å². The van der Waals surface area contributed by atoms with Crippen molar-refractivity contribution in [1.29, 1.82) is 0 Å². The first-order valence-electron chi connectivity index (χ1n) is 9.74. The summed E-state index contributed by atoms with van der Waals surface area (Å²) < 4.78 is 0. The van der Waals surface area contributed by atoms with Gasteiger partial charge in [0.05, 0.1) is 12.8 Å². The summed E-state index contributed by atoms with van der Waals surface area (Å²) in [7, 11) is 4.28. The van der Waals surface area contributed by atoms with Crippen LogP contribution in [0, 0.1) is 6.92 Å². The molecule has 4 N–H and O–H groups in total. The van der Waals surface area contributed by atoms with Gasteiger partial charge < -0.3 is 25.3 Å². The van der Waals surface area contributed by atoms with Gasteiger partial charge in [0.2, 0.25) is 0 Å². The Bertz CT molecular complexity index is 849. The third-order valence-corrected chi connectivity index (χ3v) is 6.31. The largest absolute Gasteiger partial charge is 0.481 e. The van der Waals surface area contributed by atoms with Crippen molar-refractivity contribution in [3.8, 4) is 0 Å². The van der Waals surface area contributed by atoms with E-state index in [9.17, 15) is 14.4 Å². The summed E-state index contributed by atoms with van der Waals surface area (Å²) in [6.45, 7) is 6.55. The Morgan fingerprint density at radius 1 is 0.938 bits per heavy atom. The van der Waals surface area contributed by atoms with Crippen LogP contribution >= 0.6 is 22.7 Å². The maximum atomic E-state index is 10.3. The second-order valence-corrected chi connectivity index (χ2v) is 9.63. The number of carbonyl (C=O) groups is 3. The van der Waals surface area contributed by atoms with Crippen LogP contribution in [0.1, 0.15) is 28.2 Å². The van der Waals surface area contributed by atoms with Gasteiger partial charge in [0.1, 0.15) is 0 Å². The van der Waals surface area contributed by atoms with Gasteiger partial charge in [-0.2, -0.15) is 0 Å². The summed E-state index contributed by atoms with van der Waals surface area (Å²) in [6, 6.07) is 6.59. The van der Waals surface area contributed by atoms with Crippen LogP contribution in [0.3, 0.4) is 0 Å². The van der Waals surface area contributed by atoms with Gasteiger partial charge in [0, 0.05) is 35.9 Å². The molecule has 0 spiro atoms. The van der Waals surface area contributed by atoms with Crippen molar-refractivity contribution in [2.24, 2.45) is 0 Å². The predicted octanol–water partition coefficient (Wildman–Crippen LogP) is 2.43. The standard InChI is InChI=1S/C15H22N2S2.C6H8O7/c1-13-6-10-19-15(13)12-17(8-7-16(2)3)11-14-5-4-9-18-14;7-3(8)1-6(13,5(11)12)2-4(9)10/h4-6,9-10H,7-8,11-12H2,1-3H3;13H,1-2H2,(H,7,8)(H,9,10)(H,11,12). The fourth-order valence-electron chi connectivity index (χ4n) is 2.66. The molecule has 0 saturated heterocycles. The predicted molar refractivity (Wildman–Crippen MR) is 123 cm³/mol. The van der Waals surface area contributed by atoms with Crippen LogP contribution in [0.4, 0.5) is 0 Å². The Hall–Kier alpha value is -2.31. The van der Waals surface area contributed by atoms with Gasteiger partial charge in [-0.1, -0.05) is 6.07 Å². The topological polar surface area (TPSA) is 139 Å². The first-order valence-corrected chi connectivity index (χ1v) is 11.5. The molecule has 2 aromatic rings. The number of hydrogen-bond donors (Lipinski definition) is 4. The third kappa shape index (κ3) is 10.3. The smallest absolute Gasteiger partial charge is 0.336 e. The number of rotatable bonds is 12. The first kappa shape index (κ1) is 27.7. The summed E-state index contributed by atoms with van der Waals surface area (Å²) in [5.41, 5.74) is -1.32. The van der Waals surface area contributed by atoms with Crippen molar-refractivity contribution in [1.82, 2.24) is 9.80 Å². The number of aliphatic carboxylic acids is 3. The van der Waals surface area contributed by atoms with Gasteiger partial charge >= 0.3 is 17.9 Å². The van der Waals surface area contributed by atoms with Gasteiger partial charge in [0.25, 0.3) is 0 Å². The van der Waals surface area contributed by atoms with Crippen molar-refractivity contribution in [2.75, 3.05) is 27.2 Å². The molecule has 0 unspecified atom stereocenters. The summed E-state index contributed by atoms with van der Waals surface area (Å²) >= 11 is 3.72. The minimum atomic E-state index is -2.74. The molecule has 2 heterocycles. The lowest BCUT2D eigenvalue weighted by Gasteiger charge is -2.23. The highest BCUT2D eigenvalue weighted by atomic mass is 32.1. The van der Waals surface area contributed by atoms with Crippen molar-refractivity contribution < 1.29 is 34.8 Å². The average molecular weight is 487 g/mol. The van der Waals surface area contributed by atoms with E-state index in [1.165, 1.54) is 15.3 Å². The Morgan fingerprint density at radius 3 is 1.97 bits per heavy atom. The molecule has 0 amide bonds. The van der Waals surface area contributed by atoms with Crippen LogP contribution in [-0.2, 0) is 27.5 Å². The Morgan fingerprint density at radius 2 is 1.56 bits per heavy atom. The molecule has 32 heavy (non-hydrogen) atoms. The summed E-state index contributed by atoms with van der Waals surface area (Å²) in [4.78, 5) is 38.2. The quantitative estimate of drug-likeness (QED) is 0.356. The monoisotopic (exact) mass is 486 g/mol. The van der Waals surface area contributed by atoms with Crippen molar-refractivity contribution in [2.45, 2.75) is 38.5 Å². The zero-order valence-corrected chi connectivity index (χ0v) is 20.0. The molecule has 0 aliphatic rings. The number of aryl methyl sites for hydroxylation is 1. The van der Waals surface area contributed by atoms with E-state index in [-0.39, 0.29) is 0 Å². The van der Waals surface area contributed by atoms with E-state index in [2.05, 4.69) is 59.8 Å². The molecule has 9 nitrogen and oxygen atoms in total. The van der Waals surface area contributed by atoms with Crippen LogP contribution < -0.4 is 0 Å². The maximum absolute atomic E-state index is 10.3. The van der Waals surface area contributed by atoms with Gasteiger partial charge in [-0.15, -0.1) is 22.7 Å². The molecular formula is C21H30N2O7S2. The lowest BCUT2D eigenvalue weighted by atomic mass is 9.96. The number of likely N-dealkylation sites (N-methyl/N-ethyl adjacent to an activating group) is 1. The molecule has 0 aliphatic heterocycles. The number of carboxylic acid groups (broad SMARTS) is 3. The van der Waals surface area contributed by atoms with E-state index in [0.29, 0.717) is 0 Å². The van der Waals surface area contributed by atoms with Crippen molar-refractivity contribution >= 4 is 40.6 Å². The van der Waals surface area contributed by atoms with E-state index < -0.39 is 36.4 Å². The normalized spacial score (nSPS) is 11.3. The molecule has 2 rings (SSSR count). The molecule has 11 heteroatoms. The zero-order chi connectivity index (χ0) is 24.3. The second-order valence-electron chi connectivity index (χ2n) is 7.60. The number of aliphatic hydroxyl groups is 1. The molecule has 0 fully saturated rings. The van der Waals surface area contributed by atoms with E-state index in [1.54, 1.807) is 0 Å². The minimum Gasteiger partial charge on any atom is -0.481 e.